The third-order valence-electron chi connectivity index (χ3n) is 22.4. The maximum absolute atomic E-state index is 8.12. The number of anilines is 15. The Morgan fingerprint density at radius 2 is 0.710 bits per heavy atom. The topological polar surface area (TPSA) is 25.4 Å². The maximum atomic E-state index is 8.12. The standard InChI is InChI=1S/C96H59B2N5OS3/c1-5-28-60(29-6-1)66-36-13-19-43-75(66)102-81-59-85-74(58-73(81)97-71-41-17-20-44-76(71)101(63-34-11-4-12-35-63)82-54-64(55-83(102)94(82)97)99(61-30-7-2-8-31-61)78-46-26-52-90-92(78)69-38-15-23-50-88(69)105-90)98-72-42-18-21-45-77(72)103(80-48-25-40-68-67-37-14-22-49-87(67)107-96(68)80)84-56-65(57-86(104-85)95(84)98)100(62-32-9-3-10-33-62)79-47-27-53-91-93(79)70-39-16-24-51-89(70)106-91/h1-59H. The van der Waals surface area contributed by atoms with Crippen LogP contribution in [0.5, 0.6) is 11.5 Å². The van der Waals surface area contributed by atoms with Gasteiger partial charge in [-0.25, -0.2) is 0 Å². The SMILES string of the molecule is c1ccc(-c2ccccc2N2c3cc4c(cc3B3c5ccccc5N(c5ccccc5)c5cc(N(c6ccccc6)c6cccc7sc8ccccc8c67)cc2c53)B2c3ccccc3N(c3cccc5c3sc3ccccc35)c3cc(N(c5ccccc5)c5cccc6sc7ccccc7c56)cc(c32)O4)cc1. The van der Waals surface area contributed by atoms with Gasteiger partial charge in [0.05, 0.1) is 38.8 Å². The molecule has 11 heteroatoms. The molecular formula is C96H59B2N5OS3. The molecule has 0 aliphatic carbocycles. The molecule has 0 unspecified atom stereocenters. The van der Waals surface area contributed by atoms with Gasteiger partial charge in [0.15, 0.2) is 0 Å². The van der Waals surface area contributed by atoms with E-state index in [0.29, 0.717) is 0 Å². The lowest BCUT2D eigenvalue weighted by Crippen LogP contribution is -2.64. The lowest BCUT2D eigenvalue weighted by Gasteiger charge is -2.46. The van der Waals surface area contributed by atoms with Crippen LogP contribution in [0.4, 0.5) is 85.3 Å². The molecule has 7 heterocycles. The highest BCUT2D eigenvalue weighted by Crippen LogP contribution is 2.55. The quantitative estimate of drug-likeness (QED) is 0.127. The van der Waals surface area contributed by atoms with Crippen molar-refractivity contribution in [3.05, 3.63) is 358 Å². The second kappa shape index (κ2) is 23.8. The number of hydrogen-bond acceptors (Lipinski definition) is 9. The molecule has 0 fully saturated rings. The van der Waals surface area contributed by atoms with Crippen LogP contribution in [-0.4, -0.2) is 13.4 Å². The molecule has 3 aromatic heterocycles. The van der Waals surface area contributed by atoms with Gasteiger partial charge in [-0.15, -0.1) is 34.0 Å². The molecule has 107 heavy (non-hydrogen) atoms. The molecule has 498 valence electrons. The average molecular weight is 1420 g/mol. The van der Waals surface area contributed by atoms with E-state index in [-0.39, 0.29) is 13.4 Å². The summed E-state index contributed by atoms with van der Waals surface area (Å²) in [7, 11) is 0. The lowest BCUT2D eigenvalue weighted by atomic mass is 9.30. The smallest absolute Gasteiger partial charge is 0.256 e. The van der Waals surface area contributed by atoms with Crippen LogP contribution in [0.3, 0.4) is 0 Å². The molecule has 0 atom stereocenters. The number of rotatable bonds is 10. The van der Waals surface area contributed by atoms with Crippen molar-refractivity contribution in [2.45, 2.75) is 0 Å². The molecule has 4 aliphatic rings. The second-order valence-corrected chi connectivity index (χ2v) is 31.3. The number of fused-ring (bicyclic) bond motifs is 17. The first-order chi connectivity index (χ1) is 53.1. The number of hydrogen-bond donors (Lipinski definition) is 0. The van der Waals surface area contributed by atoms with Crippen LogP contribution in [-0.2, 0) is 0 Å². The molecule has 23 rings (SSSR count). The zero-order valence-electron chi connectivity index (χ0n) is 57.6. The molecule has 0 spiro atoms. The number of nitrogens with zero attached hydrogens (tertiary/aromatic N) is 5. The summed E-state index contributed by atoms with van der Waals surface area (Å²) in [6.45, 7) is -0.491. The highest BCUT2D eigenvalue weighted by molar-refractivity contribution is 7.27. The van der Waals surface area contributed by atoms with E-state index in [1.807, 2.05) is 34.0 Å². The number of ether oxygens (including phenoxy) is 1. The summed E-state index contributed by atoms with van der Waals surface area (Å²) in [5, 5.41) is 7.43. The van der Waals surface area contributed by atoms with Gasteiger partial charge in [0.2, 0.25) is 0 Å². The number of thiophene rings is 3. The maximum Gasteiger partial charge on any atom is 0.256 e. The molecule has 0 bridgehead atoms. The predicted molar refractivity (Wildman–Crippen MR) is 460 cm³/mol. The Morgan fingerprint density at radius 1 is 0.262 bits per heavy atom. The second-order valence-electron chi connectivity index (χ2n) is 28.1. The molecule has 0 N–H and O–H groups in total. The third kappa shape index (κ3) is 9.12. The van der Waals surface area contributed by atoms with Crippen LogP contribution in [0.1, 0.15) is 0 Å². The summed E-state index contributed by atoms with van der Waals surface area (Å²) in [6, 6.07) is 133. The van der Waals surface area contributed by atoms with Crippen LogP contribution in [0, 0.1) is 0 Å². The summed E-state index contributed by atoms with van der Waals surface area (Å²) in [5.41, 5.74) is 25.6. The van der Waals surface area contributed by atoms with Gasteiger partial charge in [0.25, 0.3) is 13.4 Å². The van der Waals surface area contributed by atoms with E-state index in [9.17, 15) is 0 Å². The van der Waals surface area contributed by atoms with Crippen molar-refractivity contribution >= 4 is 226 Å². The van der Waals surface area contributed by atoms with E-state index in [4.69, 9.17) is 4.74 Å². The Morgan fingerprint density at radius 3 is 1.35 bits per heavy atom. The van der Waals surface area contributed by atoms with Crippen molar-refractivity contribution in [2.75, 3.05) is 24.5 Å². The van der Waals surface area contributed by atoms with E-state index < -0.39 is 0 Å². The Kier molecular flexibility index (Phi) is 13.5. The van der Waals surface area contributed by atoms with Gasteiger partial charge in [-0.2, -0.15) is 0 Å². The Balaban J connectivity index is 0.823. The molecule has 16 aromatic carbocycles. The van der Waals surface area contributed by atoms with E-state index in [1.54, 1.807) is 0 Å². The zero-order chi connectivity index (χ0) is 70.0. The summed E-state index contributed by atoms with van der Waals surface area (Å²) in [5.74, 6) is 1.63. The summed E-state index contributed by atoms with van der Waals surface area (Å²) >= 11 is 5.57. The number of benzene rings is 16. The van der Waals surface area contributed by atoms with Crippen LogP contribution < -0.4 is 62.0 Å². The van der Waals surface area contributed by atoms with Gasteiger partial charge >= 0.3 is 0 Å². The minimum Gasteiger partial charge on any atom is -0.458 e. The van der Waals surface area contributed by atoms with Crippen molar-refractivity contribution in [1.82, 2.24) is 0 Å². The molecule has 0 radical (unpaired) electrons. The molecular weight excluding hydrogens is 1360 g/mol. The largest absolute Gasteiger partial charge is 0.458 e. The monoisotopic (exact) mass is 1420 g/mol. The van der Waals surface area contributed by atoms with Gasteiger partial charge in [-0.05, 0) is 160 Å². The average Bonchev–Trinajstić information content (AvgIpc) is 1.25. The fraction of sp³-hybridized carbons (Fsp3) is 0. The summed E-state index contributed by atoms with van der Waals surface area (Å²) in [4.78, 5) is 12.7. The minimum atomic E-state index is -0.255. The summed E-state index contributed by atoms with van der Waals surface area (Å²) < 4.78 is 15.6. The van der Waals surface area contributed by atoms with Crippen LogP contribution >= 0.6 is 34.0 Å². The van der Waals surface area contributed by atoms with E-state index in [2.05, 4.69) is 382 Å². The first-order valence-electron chi connectivity index (χ1n) is 36.5. The van der Waals surface area contributed by atoms with Gasteiger partial charge in [0, 0.05) is 125 Å². The molecule has 0 saturated heterocycles. The normalized spacial score (nSPS) is 13.0. The predicted octanol–water partition coefficient (Wildman–Crippen LogP) is 23.9. The van der Waals surface area contributed by atoms with Crippen molar-refractivity contribution in [3.8, 4) is 22.6 Å². The fourth-order valence-electron chi connectivity index (χ4n) is 18.1. The van der Waals surface area contributed by atoms with Crippen LogP contribution in [0.25, 0.3) is 71.6 Å². The Labute approximate surface area is 631 Å². The van der Waals surface area contributed by atoms with Crippen molar-refractivity contribution in [3.63, 3.8) is 0 Å². The van der Waals surface area contributed by atoms with Crippen LogP contribution in [0.15, 0.2) is 358 Å². The molecule has 19 aromatic rings. The fourth-order valence-corrected chi connectivity index (χ4v) is 21.5. The Bertz CT molecular complexity index is 6880. The molecule has 6 nitrogen and oxygen atoms in total. The third-order valence-corrected chi connectivity index (χ3v) is 25.9. The number of para-hydroxylation sites is 6. The van der Waals surface area contributed by atoms with Crippen molar-refractivity contribution < 1.29 is 4.74 Å². The summed E-state index contributed by atoms with van der Waals surface area (Å²) in [6.07, 6.45) is 0. The molecule has 4 aliphatic heterocycles. The van der Waals surface area contributed by atoms with E-state index >= 15 is 0 Å². The highest BCUT2D eigenvalue weighted by atomic mass is 32.1. The van der Waals surface area contributed by atoms with E-state index in [1.165, 1.54) is 82.4 Å². The van der Waals surface area contributed by atoms with Gasteiger partial charge < -0.3 is 29.2 Å². The zero-order valence-corrected chi connectivity index (χ0v) is 60.0. The van der Waals surface area contributed by atoms with Gasteiger partial charge in [-0.1, -0.05) is 224 Å². The highest BCUT2D eigenvalue weighted by Gasteiger charge is 2.49. The molecule has 0 saturated carbocycles. The van der Waals surface area contributed by atoms with Gasteiger partial charge in [-0.3, -0.25) is 0 Å². The lowest BCUT2D eigenvalue weighted by molar-refractivity contribution is 0.488. The van der Waals surface area contributed by atoms with Crippen molar-refractivity contribution in [2.24, 2.45) is 0 Å². The van der Waals surface area contributed by atoms with Gasteiger partial charge in [0.1, 0.15) is 11.5 Å². The first kappa shape index (κ1) is 60.5. The van der Waals surface area contributed by atoms with Crippen molar-refractivity contribution in [1.29, 1.82) is 0 Å². The van der Waals surface area contributed by atoms with E-state index in [0.717, 1.165) is 119 Å². The molecule has 0 amide bonds. The Hall–Kier alpha value is -12.9. The van der Waals surface area contributed by atoms with Crippen LogP contribution in [0.2, 0.25) is 0 Å². The first-order valence-corrected chi connectivity index (χ1v) is 39.0. The minimum absolute atomic E-state index is 0.237.